The molecule has 5 rings (SSSR count). The zero-order valence-electron chi connectivity index (χ0n) is 22.0. The third-order valence-corrected chi connectivity index (χ3v) is 10.2. The first-order valence-corrected chi connectivity index (χ1v) is 13.3. The highest BCUT2D eigenvalue weighted by Gasteiger charge is 2.73. The number of amides is 2. The number of hydrogen-bond donors (Lipinski definition) is 2. The van der Waals surface area contributed by atoms with Crippen molar-refractivity contribution in [3.63, 3.8) is 0 Å². The average Bonchev–Trinajstić information content (AvgIpc) is 3.19. The highest BCUT2D eigenvalue weighted by molar-refractivity contribution is 5.90. The lowest BCUT2D eigenvalue weighted by molar-refractivity contribution is -0.312. The zero-order chi connectivity index (χ0) is 28.6. The molecule has 212 valence electrons. The minimum absolute atomic E-state index is 0.0433. The normalized spacial score (nSPS) is 34.4. The van der Waals surface area contributed by atoms with Crippen LogP contribution in [0.2, 0.25) is 0 Å². The van der Waals surface area contributed by atoms with Crippen molar-refractivity contribution < 1.29 is 35.9 Å². The van der Waals surface area contributed by atoms with Gasteiger partial charge in [0.15, 0.2) is 0 Å². The van der Waals surface area contributed by atoms with Crippen LogP contribution < -0.4 is 10.6 Å². The number of nitrogens with one attached hydrogen (secondary N) is 2. The first-order valence-electron chi connectivity index (χ1n) is 13.3. The van der Waals surface area contributed by atoms with Crippen molar-refractivity contribution in [3.8, 4) is 0 Å². The molecule has 39 heavy (non-hydrogen) atoms. The van der Waals surface area contributed by atoms with Gasteiger partial charge >= 0.3 is 12.4 Å². The molecule has 1 aliphatic heterocycles. The van der Waals surface area contributed by atoms with Gasteiger partial charge in [-0.3, -0.25) is 9.59 Å². The second kappa shape index (κ2) is 8.86. The maximum absolute atomic E-state index is 14.4. The van der Waals surface area contributed by atoms with E-state index in [0.717, 1.165) is 17.8 Å². The van der Waals surface area contributed by atoms with Crippen LogP contribution >= 0.6 is 0 Å². The predicted molar refractivity (Wildman–Crippen MR) is 132 cm³/mol. The number of aryl methyl sites for hydroxylation is 1. The molecule has 4 nitrogen and oxygen atoms in total. The van der Waals surface area contributed by atoms with Gasteiger partial charge in [-0.2, -0.15) is 26.3 Å². The van der Waals surface area contributed by atoms with Crippen LogP contribution in [0.5, 0.6) is 0 Å². The van der Waals surface area contributed by atoms with E-state index >= 15 is 0 Å². The van der Waals surface area contributed by atoms with E-state index in [-0.39, 0.29) is 30.1 Å². The van der Waals surface area contributed by atoms with Crippen molar-refractivity contribution in [2.24, 2.45) is 34.5 Å². The van der Waals surface area contributed by atoms with Crippen molar-refractivity contribution in [1.82, 2.24) is 10.6 Å². The monoisotopic (exact) mass is 554 g/mol. The predicted octanol–water partition coefficient (Wildman–Crippen LogP) is 6.47. The topological polar surface area (TPSA) is 58.2 Å². The summed E-state index contributed by atoms with van der Waals surface area (Å²) < 4.78 is 86.4. The molecule has 0 spiro atoms. The summed E-state index contributed by atoms with van der Waals surface area (Å²) in [7, 11) is 0. The molecular formula is C29H32F6N2O2. The third kappa shape index (κ3) is 4.03. The fourth-order valence-electron chi connectivity index (χ4n) is 8.06. The maximum atomic E-state index is 14.4. The van der Waals surface area contributed by atoms with E-state index in [2.05, 4.69) is 12.2 Å². The van der Waals surface area contributed by atoms with Crippen LogP contribution in [0.15, 0.2) is 48.2 Å². The smallest absolute Gasteiger partial charge is 0.331 e. The van der Waals surface area contributed by atoms with E-state index in [4.69, 9.17) is 0 Å². The molecule has 0 bridgehead atoms. The largest absolute Gasteiger partial charge is 0.424 e. The van der Waals surface area contributed by atoms with Crippen molar-refractivity contribution >= 4 is 11.8 Å². The van der Waals surface area contributed by atoms with Crippen LogP contribution in [0.4, 0.5) is 26.3 Å². The van der Waals surface area contributed by atoms with Gasteiger partial charge in [0.05, 0.1) is 0 Å². The van der Waals surface area contributed by atoms with Crippen LogP contribution in [-0.2, 0) is 15.1 Å². The Balaban J connectivity index is 1.47. The minimum Gasteiger partial charge on any atom is -0.331 e. The number of carbonyl (C=O) groups excluding carboxylic acids is 2. The van der Waals surface area contributed by atoms with Crippen molar-refractivity contribution in [2.45, 2.75) is 70.8 Å². The molecule has 1 heterocycles. The second-order valence-corrected chi connectivity index (χ2v) is 12.1. The number of benzene rings is 1. The van der Waals surface area contributed by atoms with E-state index in [1.807, 2.05) is 19.1 Å². The third-order valence-electron chi connectivity index (χ3n) is 10.2. The summed E-state index contributed by atoms with van der Waals surface area (Å²) in [5, 5.41) is 4.44. The Bertz CT molecular complexity index is 1220. The summed E-state index contributed by atoms with van der Waals surface area (Å²) in [6.45, 7) is 5.46. The molecule has 1 aromatic rings. The first kappa shape index (κ1) is 27.8. The molecule has 0 radical (unpaired) electrons. The quantitative estimate of drug-likeness (QED) is 0.421. The molecule has 1 aromatic carbocycles. The number of hydrogen-bond acceptors (Lipinski definition) is 2. The molecule has 0 saturated heterocycles. The SMILES string of the molecule is Cc1ccc(C(NC(=O)[C@H]2CC[C@H]3[C@@H]4CC=C5NC(=O)C=C[C@]5(C)[C@H]4CC[C@]23C)(C(F)(F)F)C(F)(F)F)cc1. The van der Waals surface area contributed by atoms with Gasteiger partial charge in [-0.25, -0.2) is 0 Å². The highest BCUT2D eigenvalue weighted by atomic mass is 19.4. The van der Waals surface area contributed by atoms with Gasteiger partial charge in [0, 0.05) is 23.1 Å². The van der Waals surface area contributed by atoms with Crippen LogP contribution in [0.1, 0.15) is 57.1 Å². The number of carbonyl (C=O) groups is 2. The average molecular weight is 555 g/mol. The van der Waals surface area contributed by atoms with Gasteiger partial charge in [0.25, 0.3) is 5.54 Å². The van der Waals surface area contributed by atoms with Gasteiger partial charge in [-0.05, 0) is 67.8 Å². The lowest BCUT2D eigenvalue weighted by Crippen LogP contribution is -2.66. The molecule has 6 atom stereocenters. The van der Waals surface area contributed by atoms with E-state index in [1.54, 1.807) is 6.92 Å². The molecule has 10 heteroatoms. The van der Waals surface area contributed by atoms with Gasteiger partial charge < -0.3 is 10.6 Å². The second-order valence-electron chi connectivity index (χ2n) is 12.1. The Hall–Kier alpha value is -2.78. The van der Waals surface area contributed by atoms with Gasteiger partial charge in [0.2, 0.25) is 11.8 Å². The van der Waals surface area contributed by atoms with Crippen LogP contribution in [0, 0.1) is 41.4 Å². The Kier molecular flexibility index (Phi) is 6.31. The molecular weight excluding hydrogens is 522 g/mol. The van der Waals surface area contributed by atoms with E-state index in [9.17, 15) is 35.9 Å². The number of rotatable bonds is 3. The van der Waals surface area contributed by atoms with Gasteiger partial charge in [-0.1, -0.05) is 55.8 Å². The molecule has 2 N–H and O–H groups in total. The number of fused-ring (bicyclic) bond motifs is 5. The summed E-state index contributed by atoms with van der Waals surface area (Å²) in [5.41, 5.74) is -5.40. The van der Waals surface area contributed by atoms with Gasteiger partial charge in [-0.15, -0.1) is 0 Å². The minimum atomic E-state index is -5.82. The molecule has 0 aromatic heterocycles. The Labute approximate surface area is 223 Å². The highest BCUT2D eigenvalue weighted by Crippen LogP contribution is 2.65. The van der Waals surface area contributed by atoms with E-state index < -0.39 is 46.1 Å². The van der Waals surface area contributed by atoms with Crippen LogP contribution in [0.3, 0.4) is 0 Å². The lowest BCUT2D eigenvalue weighted by atomic mass is 9.50. The lowest BCUT2D eigenvalue weighted by Gasteiger charge is -2.56. The fourth-order valence-corrected chi connectivity index (χ4v) is 8.06. The van der Waals surface area contributed by atoms with E-state index in [1.165, 1.54) is 23.5 Å². The summed E-state index contributed by atoms with van der Waals surface area (Å²) in [6.07, 6.45) is -3.69. The van der Waals surface area contributed by atoms with Gasteiger partial charge in [0.1, 0.15) is 0 Å². The summed E-state index contributed by atoms with van der Waals surface area (Å²) >= 11 is 0. The summed E-state index contributed by atoms with van der Waals surface area (Å²) in [6, 6.07) is 3.92. The fraction of sp³-hybridized carbons (Fsp3) is 0.586. The number of allylic oxidation sites excluding steroid dienone is 2. The molecule has 4 aliphatic rings. The van der Waals surface area contributed by atoms with Crippen molar-refractivity contribution in [2.75, 3.05) is 0 Å². The maximum Gasteiger partial charge on any atom is 0.424 e. The Morgan fingerprint density at radius 1 is 0.974 bits per heavy atom. The summed E-state index contributed by atoms with van der Waals surface area (Å²) in [5.74, 6) is -2.19. The van der Waals surface area contributed by atoms with Crippen molar-refractivity contribution in [1.29, 1.82) is 0 Å². The first-order chi connectivity index (χ1) is 18.0. The number of halogens is 6. The molecule has 3 aliphatic carbocycles. The Morgan fingerprint density at radius 2 is 1.62 bits per heavy atom. The Morgan fingerprint density at radius 3 is 2.23 bits per heavy atom. The van der Waals surface area contributed by atoms with Crippen molar-refractivity contribution in [3.05, 3.63) is 59.3 Å². The molecule has 2 saturated carbocycles. The van der Waals surface area contributed by atoms with Crippen LogP contribution in [-0.4, -0.2) is 24.2 Å². The molecule has 0 unspecified atom stereocenters. The standard InChI is InChI=1S/C29H32F6N2O2/c1-16-4-6-17(7-5-16)27(28(30,31)32,29(33,34)35)37-24(39)21-10-9-19-18-8-11-22-26(3,15-13-23(38)36-22)20(18)12-14-25(19,21)2/h4-7,11,13,15,18-21H,8-10,12,14H2,1-3H3,(H,36,38)(H,37,39)/t18-,19-,20-,21+,25-,26+/m0/s1. The number of alkyl halides is 6. The summed E-state index contributed by atoms with van der Waals surface area (Å²) in [4.78, 5) is 25.5. The molecule has 2 amide bonds. The zero-order valence-corrected chi connectivity index (χ0v) is 22.0. The molecule has 2 fully saturated rings. The van der Waals surface area contributed by atoms with E-state index in [0.29, 0.717) is 31.2 Å². The van der Waals surface area contributed by atoms with Crippen LogP contribution in [0.25, 0.3) is 0 Å².